The zero-order valence-electron chi connectivity index (χ0n) is 10.7. The summed E-state index contributed by atoms with van der Waals surface area (Å²) in [4.78, 5) is 12.5. The Labute approximate surface area is 127 Å². The van der Waals surface area contributed by atoms with Gasteiger partial charge >= 0.3 is 0 Å². The molecule has 0 aliphatic rings. The van der Waals surface area contributed by atoms with Crippen molar-refractivity contribution in [2.45, 2.75) is 12.8 Å². The first-order valence-electron chi connectivity index (χ1n) is 5.98. The number of nitriles is 1. The van der Waals surface area contributed by atoms with Crippen molar-refractivity contribution in [3.05, 3.63) is 69.2 Å². The van der Waals surface area contributed by atoms with E-state index >= 15 is 0 Å². The van der Waals surface area contributed by atoms with Crippen LogP contribution < -0.4 is 0 Å². The van der Waals surface area contributed by atoms with E-state index in [2.05, 4.69) is 0 Å². The average Bonchev–Trinajstić information content (AvgIpc) is 2.44. The molecule has 1 atom stereocenters. The number of carbonyl (C=O) groups is 1. The Bertz CT molecular complexity index is 687. The molecule has 0 spiro atoms. The quantitative estimate of drug-likeness (QED) is 0.765. The number of nitrogens with zero attached hydrogens (tertiary/aromatic N) is 1. The summed E-state index contributed by atoms with van der Waals surface area (Å²) < 4.78 is 0. The molecule has 1 unspecified atom stereocenters. The summed E-state index contributed by atoms with van der Waals surface area (Å²) in [6.07, 6.45) is 0. The van der Waals surface area contributed by atoms with Crippen LogP contribution in [-0.2, 0) is 0 Å². The highest BCUT2D eigenvalue weighted by Gasteiger charge is 2.23. The molecule has 0 bridgehead atoms. The van der Waals surface area contributed by atoms with Crippen molar-refractivity contribution in [3.8, 4) is 6.07 Å². The van der Waals surface area contributed by atoms with E-state index in [4.69, 9.17) is 23.2 Å². The van der Waals surface area contributed by atoms with Gasteiger partial charge in [-0.15, -0.1) is 0 Å². The van der Waals surface area contributed by atoms with Gasteiger partial charge in [-0.25, -0.2) is 0 Å². The second-order valence-electron chi connectivity index (χ2n) is 4.44. The lowest BCUT2D eigenvalue weighted by Gasteiger charge is -2.11. The number of carbonyl (C=O) groups excluding carboxylic acids is 1. The molecule has 0 heterocycles. The molecule has 2 aromatic rings. The first-order valence-corrected chi connectivity index (χ1v) is 6.74. The maximum Gasteiger partial charge on any atom is 0.184 e. The summed E-state index contributed by atoms with van der Waals surface area (Å²) >= 11 is 11.7. The second kappa shape index (κ2) is 6.09. The molecule has 0 aromatic heterocycles. The number of Topliss-reactive ketones (excluding diaryl/α,β-unsaturated/α-hetero) is 1. The largest absolute Gasteiger partial charge is 0.292 e. The predicted molar refractivity (Wildman–Crippen MR) is 80.3 cm³/mol. The summed E-state index contributed by atoms with van der Waals surface area (Å²) in [7, 11) is 0. The van der Waals surface area contributed by atoms with Gasteiger partial charge in [-0.1, -0.05) is 41.4 Å². The normalized spacial score (nSPS) is 11.7. The lowest BCUT2D eigenvalue weighted by Crippen LogP contribution is -2.12. The van der Waals surface area contributed by atoms with Crippen LogP contribution in [0.25, 0.3) is 0 Å². The molecule has 0 saturated heterocycles. The highest BCUT2D eigenvalue weighted by atomic mass is 35.5. The second-order valence-corrected chi connectivity index (χ2v) is 5.31. The zero-order valence-corrected chi connectivity index (χ0v) is 12.2. The maximum atomic E-state index is 12.5. The Balaban J connectivity index is 2.42. The van der Waals surface area contributed by atoms with Crippen LogP contribution in [0.4, 0.5) is 0 Å². The third-order valence-corrected chi connectivity index (χ3v) is 3.55. The van der Waals surface area contributed by atoms with Crippen molar-refractivity contribution in [1.82, 2.24) is 0 Å². The summed E-state index contributed by atoms with van der Waals surface area (Å²) in [6, 6.07) is 13.8. The first kappa shape index (κ1) is 14.6. The zero-order chi connectivity index (χ0) is 14.7. The summed E-state index contributed by atoms with van der Waals surface area (Å²) in [5, 5.41) is 10.3. The van der Waals surface area contributed by atoms with Crippen LogP contribution in [0, 0.1) is 18.3 Å². The van der Waals surface area contributed by atoms with Gasteiger partial charge in [-0.05, 0) is 42.3 Å². The van der Waals surface area contributed by atoms with E-state index < -0.39 is 5.92 Å². The molecule has 20 heavy (non-hydrogen) atoms. The summed E-state index contributed by atoms with van der Waals surface area (Å²) in [5.74, 6) is -1.11. The molecular formula is C16H11Cl2NO. The number of hydrogen-bond donors (Lipinski definition) is 0. The minimum Gasteiger partial charge on any atom is -0.292 e. The number of halogens is 2. The molecule has 0 amide bonds. The molecule has 2 nitrogen and oxygen atoms in total. The van der Waals surface area contributed by atoms with Crippen molar-refractivity contribution >= 4 is 29.0 Å². The number of benzene rings is 2. The Morgan fingerprint density at radius 3 is 2.30 bits per heavy atom. The Morgan fingerprint density at radius 2 is 1.70 bits per heavy atom. The maximum absolute atomic E-state index is 12.5. The van der Waals surface area contributed by atoms with Crippen LogP contribution in [0.2, 0.25) is 10.0 Å². The van der Waals surface area contributed by atoms with Gasteiger partial charge in [0, 0.05) is 15.6 Å². The van der Waals surface area contributed by atoms with Crippen molar-refractivity contribution in [1.29, 1.82) is 5.26 Å². The van der Waals surface area contributed by atoms with Gasteiger partial charge in [-0.3, -0.25) is 4.79 Å². The van der Waals surface area contributed by atoms with Gasteiger partial charge in [-0.2, -0.15) is 5.26 Å². The molecule has 0 aliphatic heterocycles. The van der Waals surface area contributed by atoms with Gasteiger partial charge in [0.1, 0.15) is 5.92 Å². The molecular weight excluding hydrogens is 293 g/mol. The van der Waals surface area contributed by atoms with Crippen molar-refractivity contribution in [2.24, 2.45) is 0 Å². The van der Waals surface area contributed by atoms with Gasteiger partial charge in [0.2, 0.25) is 0 Å². The SMILES string of the molecule is Cc1ccc(Cl)cc1C(=O)C(C#N)c1ccc(Cl)cc1. The fraction of sp³-hybridized carbons (Fsp3) is 0.125. The number of ketones is 1. The van der Waals surface area contributed by atoms with Crippen LogP contribution in [0.3, 0.4) is 0 Å². The smallest absolute Gasteiger partial charge is 0.184 e. The number of hydrogen-bond acceptors (Lipinski definition) is 2. The highest BCUT2D eigenvalue weighted by Crippen LogP contribution is 2.25. The highest BCUT2D eigenvalue weighted by molar-refractivity contribution is 6.31. The van der Waals surface area contributed by atoms with Gasteiger partial charge in [0.25, 0.3) is 0 Å². The van der Waals surface area contributed by atoms with Crippen molar-refractivity contribution in [3.63, 3.8) is 0 Å². The topological polar surface area (TPSA) is 40.9 Å². The number of aryl methyl sites for hydroxylation is 1. The van der Waals surface area contributed by atoms with E-state index in [1.807, 2.05) is 13.0 Å². The van der Waals surface area contributed by atoms with Crippen LogP contribution in [-0.4, -0.2) is 5.78 Å². The van der Waals surface area contributed by atoms with Gasteiger partial charge in [0.15, 0.2) is 5.78 Å². The minimum absolute atomic E-state index is 0.255. The lowest BCUT2D eigenvalue weighted by molar-refractivity contribution is 0.0978. The summed E-state index contributed by atoms with van der Waals surface area (Å²) in [6.45, 7) is 1.82. The van der Waals surface area contributed by atoms with Crippen LogP contribution >= 0.6 is 23.2 Å². The van der Waals surface area contributed by atoms with Crippen LogP contribution in [0.1, 0.15) is 27.4 Å². The summed E-state index contributed by atoms with van der Waals surface area (Å²) in [5.41, 5.74) is 1.90. The molecule has 0 aliphatic carbocycles. The Kier molecular flexibility index (Phi) is 4.44. The Hall–Kier alpha value is -1.82. The molecule has 2 rings (SSSR count). The predicted octanol–water partition coefficient (Wildman–Crippen LogP) is 4.79. The first-order chi connectivity index (χ1) is 9.52. The van der Waals surface area contributed by atoms with Crippen molar-refractivity contribution in [2.75, 3.05) is 0 Å². The van der Waals surface area contributed by atoms with E-state index in [9.17, 15) is 10.1 Å². The van der Waals surface area contributed by atoms with Gasteiger partial charge < -0.3 is 0 Å². The third-order valence-electron chi connectivity index (χ3n) is 3.06. The molecule has 4 heteroatoms. The Morgan fingerprint density at radius 1 is 1.10 bits per heavy atom. The van der Waals surface area contributed by atoms with E-state index in [-0.39, 0.29) is 5.78 Å². The standard InChI is InChI=1S/C16H11Cl2NO/c1-10-2-5-13(18)8-14(10)16(20)15(9-19)11-3-6-12(17)7-4-11/h2-8,15H,1H3. The average molecular weight is 304 g/mol. The fourth-order valence-electron chi connectivity index (χ4n) is 1.95. The van der Waals surface area contributed by atoms with E-state index in [1.54, 1.807) is 42.5 Å². The van der Waals surface area contributed by atoms with E-state index in [0.717, 1.165) is 5.56 Å². The third kappa shape index (κ3) is 3.01. The monoisotopic (exact) mass is 303 g/mol. The molecule has 0 N–H and O–H groups in total. The van der Waals surface area contributed by atoms with E-state index in [1.165, 1.54) is 0 Å². The number of rotatable bonds is 3. The molecule has 2 aromatic carbocycles. The van der Waals surface area contributed by atoms with Gasteiger partial charge in [0.05, 0.1) is 6.07 Å². The lowest BCUT2D eigenvalue weighted by atomic mass is 9.90. The molecule has 0 radical (unpaired) electrons. The van der Waals surface area contributed by atoms with Crippen LogP contribution in [0.5, 0.6) is 0 Å². The molecule has 100 valence electrons. The minimum atomic E-state index is -0.857. The van der Waals surface area contributed by atoms with Crippen molar-refractivity contribution < 1.29 is 4.79 Å². The molecule has 0 fully saturated rings. The van der Waals surface area contributed by atoms with Crippen LogP contribution in [0.15, 0.2) is 42.5 Å². The fourth-order valence-corrected chi connectivity index (χ4v) is 2.25. The van der Waals surface area contributed by atoms with E-state index in [0.29, 0.717) is 21.2 Å². The molecule has 0 saturated carbocycles.